The van der Waals surface area contributed by atoms with E-state index in [1.807, 2.05) is 11.8 Å². The molecule has 0 aliphatic carbocycles. The van der Waals surface area contributed by atoms with Gasteiger partial charge in [0.05, 0.1) is 0 Å². The third-order valence-corrected chi connectivity index (χ3v) is 5.74. The summed E-state index contributed by atoms with van der Waals surface area (Å²) in [7, 11) is 0. The Bertz CT molecular complexity index is 611. The van der Waals surface area contributed by atoms with Gasteiger partial charge in [-0.05, 0) is 44.3 Å². The number of nitrogens with one attached hydrogen (secondary N) is 1. The number of hydrogen-bond donors (Lipinski definition) is 1. The summed E-state index contributed by atoms with van der Waals surface area (Å²) in [6, 6.07) is 3.75. The summed E-state index contributed by atoms with van der Waals surface area (Å²) >= 11 is 0. The minimum absolute atomic E-state index is 0.0718. The van der Waals surface area contributed by atoms with E-state index in [2.05, 4.69) is 10.2 Å². The third-order valence-electron chi connectivity index (χ3n) is 5.74. The lowest BCUT2D eigenvalue weighted by Crippen LogP contribution is -2.49. The summed E-state index contributed by atoms with van der Waals surface area (Å²) in [6.07, 6.45) is 3.51. The van der Waals surface area contributed by atoms with Gasteiger partial charge in [-0.15, -0.1) is 0 Å². The first-order valence-electron chi connectivity index (χ1n) is 9.76. The van der Waals surface area contributed by atoms with Crippen molar-refractivity contribution in [2.45, 2.75) is 38.6 Å². The molecule has 2 heterocycles. The van der Waals surface area contributed by atoms with Crippen molar-refractivity contribution in [2.75, 3.05) is 39.3 Å². The molecule has 1 aromatic carbocycles. The predicted molar refractivity (Wildman–Crippen MR) is 97.8 cm³/mol. The van der Waals surface area contributed by atoms with Gasteiger partial charge in [0.1, 0.15) is 11.6 Å². The van der Waals surface area contributed by atoms with E-state index in [0.717, 1.165) is 45.1 Å². The van der Waals surface area contributed by atoms with E-state index in [0.29, 0.717) is 31.0 Å². The zero-order valence-electron chi connectivity index (χ0n) is 15.5. The molecule has 2 aliphatic rings. The lowest BCUT2D eigenvalue weighted by Gasteiger charge is -2.39. The summed E-state index contributed by atoms with van der Waals surface area (Å²) < 4.78 is 27.3. The molecule has 1 aromatic rings. The molecular formula is C20H29F2N3O. The van der Waals surface area contributed by atoms with Crippen LogP contribution < -0.4 is 5.32 Å². The second-order valence-corrected chi connectivity index (χ2v) is 7.40. The molecule has 2 aliphatic heterocycles. The molecule has 26 heavy (non-hydrogen) atoms. The maximum absolute atomic E-state index is 14.2. The van der Waals surface area contributed by atoms with Gasteiger partial charge in [0.2, 0.25) is 5.91 Å². The normalized spacial score (nSPS) is 22.6. The Hall–Kier alpha value is -1.53. The van der Waals surface area contributed by atoms with E-state index in [1.54, 1.807) is 6.07 Å². The molecule has 3 rings (SSSR count). The molecular weight excluding hydrogens is 336 g/mol. The van der Waals surface area contributed by atoms with Crippen molar-refractivity contribution in [2.24, 2.45) is 5.92 Å². The summed E-state index contributed by atoms with van der Waals surface area (Å²) in [5, 5.41) is 3.34. The van der Waals surface area contributed by atoms with Crippen molar-refractivity contribution in [1.82, 2.24) is 15.1 Å². The van der Waals surface area contributed by atoms with E-state index in [-0.39, 0.29) is 11.9 Å². The topological polar surface area (TPSA) is 35.6 Å². The molecule has 2 unspecified atom stereocenters. The van der Waals surface area contributed by atoms with Gasteiger partial charge >= 0.3 is 0 Å². The van der Waals surface area contributed by atoms with Crippen LogP contribution in [0.25, 0.3) is 0 Å². The number of rotatable bonds is 6. The third kappa shape index (κ3) is 4.60. The summed E-state index contributed by atoms with van der Waals surface area (Å²) in [6.45, 7) is 6.93. The van der Waals surface area contributed by atoms with Crippen LogP contribution in [0.1, 0.15) is 44.2 Å². The molecule has 0 saturated carbocycles. The second-order valence-electron chi connectivity index (χ2n) is 7.40. The zero-order chi connectivity index (χ0) is 18.5. The van der Waals surface area contributed by atoms with Crippen molar-refractivity contribution in [3.05, 3.63) is 35.4 Å². The SMILES string of the molecule is CCC(c1ccc(F)cc1F)N1CCN(C(=O)CCC2CCNC2)CC1. The largest absolute Gasteiger partial charge is 0.340 e. The molecule has 1 N–H and O–H groups in total. The van der Waals surface area contributed by atoms with E-state index >= 15 is 0 Å². The molecule has 2 atom stereocenters. The number of carbonyl (C=O) groups excluding carboxylic acids is 1. The van der Waals surface area contributed by atoms with E-state index in [9.17, 15) is 13.6 Å². The monoisotopic (exact) mass is 365 g/mol. The van der Waals surface area contributed by atoms with Crippen molar-refractivity contribution < 1.29 is 13.6 Å². The van der Waals surface area contributed by atoms with Crippen molar-refractivity contribution >= 4 is 5.91 Å². The molecule has 1 amide bonds. The fraction of sp³-hybridized carbons (Fsp3) is 0.650. The van der Waals surface area contributed by atoms with Gasteiger partial charge in [-0.3, -0.25) is 9.69 Å². The summed E-state index contributed by atoms with van der Waals surface area (Å²) in [5.74, 6) is -0.168. The first-order valence-corrected chi connectivity index (χ1v) is 9.76. The maximum atomic E-state index is 14.2. The highest BCUT2D eigenvalue weighted by atomic mass is 19.1. The number of benzene rings is 1. The minimum atomic E-state index is -0.547. The quantitative estimate of drug-likeness (QED) is 0.842. The highest BCUT2D eigenvalue weighted by molar-refractivity contribution is 5.76. The highest BCUT2D eigenvalue weighted by Gasteiger charge is 2.28. The van der Waals surface area contributed by atoms with Gasteiger partial charge in [-0.25, -0.2) is 8.78 Å². The van der Waals surface area contributed by atoms with Crippen molar-refractivity contribution in [3.8, 4) is 0 Å². The standard InChI is InChI=1S/C20H29F2N3O/c1-2-19(17-5-4-16(21)13-18(17)22)24-9-11-25(12-10-24)20(26)6-3-15-7-8-23-14-15/h4-5,13,15,19,23H,2-3,6-12,14H2,1H3. The van der Waals surface area contributed by atoms with Crippen LogP contribution in [0.4, 0.5) is 8.78 Å². The smallest absolute Gasteiger partial charge is 0.222 e. The van der Waals surface area contributed by atoms with E-state index in [4.69, 9.17) is 0 Å². The number of hydrogen-bond acceptors (Lipinski definition) is 3. The van der Waals surface area contributed by atoms with Crippen LogP contribution >= 0.6 is 0 Å². The van der Waals surface area contributed by atoms with Crippen LogP contribution in [0, 0.1) is 17.6 Å². The highest BCUT2D eigenvalue weighted by Crippen LogP contribution is 2.28. The summed E-state index contributed by atoms with van der Waals surface area (Å²) in [4.78, 5) is 16.6. The van der Waals surface area contributed by atoms with Crippen LogP contribution in [0.15, 0.2) is 18.2 Å². The van der Waals surface area contributed by atoms with Crippen LogP contribution in [0.2, 0.25) is 0 Å². The Morgan fingerprint density at radius 3 is 2.65 bits per heavy atom. The van der Waals surface area contributed by atoms with Crippen molar-refractivity contribution in [3.63, 3.8) is 0 Å². The average Bonchev–Trinajstić information content (AvgIpc) is 3.16. The molecule has 0 spiro atoms. The van der Waals surface area contributed by atoms with Gasteiger partial charge in [-0.2, -0.15) is 0 Å². The maximum Gasteiger partial charge on any atom is 0.222 e. The predicted octanol–water partition coefficient (Wildman–Crippen LogP) is 2.95. The molecule has 4 nitrogen and oxygen atoms in total. The van der Waals surface area contributed by atoms with Crippen LogP contribution in [0.3, 0.4) is 0 Å². The van der Waals surface area contributed by atoms with Gasteiger partial charge in [0, 0.05) is 50.3 Å². The fourth-order valence-corrected chi connectivity index (χ4v) is 4.18. The Labute approximate surface area is 154 Å². The molecule has 6 heteroatoms. The number of amides is 1. The first kappa shape index (κ1) is 19.2. The molecule has 0 radical (unpaired) electrons. The van der Waals surface area contributed by atoms with Crippen LogP contribution in [-0.4, -0.2) is 55.0 Å². The van der Waals surface area contributed by atoms with Crippen molar-refractivity contribution in [1.29, 1.82) is 0 Å². The Kier molecular flexibility index (Phi) is 6.59. The minimum Gasteiger partial charge on any atom is -0.340 e. The van der Waals surface area contributed by atoms with Crippen LogP contribution in [-0.2, 0) is 4.79 Å². The Balaban J connectivity index is 1.52. The Morgan fingerprint density at radius 2 is 2.04 bits per heavy atom. The first-order chi connectivity index (χ1) is 12.6. The number of carbonyl (C=O) groups is 1. The molecule has 144 valence electrons. The molecule has 0 bridgehead atoms. The molecule has 0 aromatic heterocycles. The van der Waals surface area contributed by atoms with Gasteiger partial charge < -0.3 is 10.2 Å². The van der Waals surface area contributed by atoms with E-state index in [1.165, 1.54) is 12.5 Å². The number of piperazine rings is 1. The summed E-state index contributed by atoms with van der Waals surface area (Å²) in [5.41, 5.74) is 0.544. The van der Waals surface area contributed by atoms with Crippen LogP contribution in [0.5, 0.6) is 0 Å². The van der Waals surface area contributed by atoms with Gasteiger partial charge in [0.15, 0.2) is 0 Å². The van der Waals surface area contributed by atoms with Gasteiger partial charge in [-0.1, -0.05) is 13.0 Å². The molecule has 2 fully saturated rings. The number of nitrogens with zero attached hydrogens (tertiary/aromatic N) is 2. The zero-order valence-corrected chi connectivity index (χ0v) is 15.5. The Morgan fingerprint density at radius 1 is 1.27 bits per heavy atom. The fourth-order valence-electron chi connectivity index (χ4n) is 4.18. The average molecular weight is 365 g/mol. The molecule has 2 saturated heterocycles. The lowest BCUT2D eigenvalue weighted by atomic mass is 10.0. The van der Waals surface area contributed by atoms with Gasteiger partial charge in [0.25, 0.3) is 0 Å². The lowest BCUT2D eigenvalue weighted by molar-refractivity contribution is -0.133. The van der Waals surface area contributed by atoms with E-state index < -0.39 is 11.6 Å². The number of halogens is 2. The second kappa shape index (κ2) is 8.91.